The molecule has 128 valence electrons. The molecule has 8 heteroatoms. The molecule has 0 saturated heterocycles. The van der Waals surface area contributed by atoms with Crippen LogP contribution in [0.2, 0.25) is 10.0 Å². The normalized spacial score (nSPS) is 10.7. The highest BCUT2D eigenvalue weighted by atomic mass is 35.5. The number of aromatic nitrogens is 2. The van der Waals surface area contributed by atoms with Crippen molar-refractivity contribution in [1.82, 2.24) is 20.2 Å². The van der Waals surface area contributed by atoms with Crippen molar-refractivity contribution in [3.05, 3.63) is 46.3 Å². The summed E-state index contributed by atoms with van der Waals surface area (Å²) < 4.78 is 0. The number of hydrogen-bond acceptors (Lipinski definition) is 5. The molecule has 2 aromatic rings. The Morgan fingerprint density at radius 1 is 1.21 bits per heavy atom. The number of anilines is 2. The Hall–Kier alpha value is -1.89. The molecular weight excluding hydrogens is 349 g/mol. The Balaban J connectivity index is 1.99. The molecule has 2 rings (SSSR count). The van der Waals surface area contributed by atoms with E-state index in [1.165, 1.54) is 6.33 Å². The molecule has 1 amide bonds. The number of nitrogens with zero attached hydrogens (tertiary/aromatic N) is 3. The predicted molar refractivity (Wildman–Crippen MR) is 97.3 cm³/mol. The highest BCUT2D eigenvalue weighted by molar-refractivity contribution is 6.36. The lowest BCUT2D eigenvalue weighted by Gasteiger charge is -2.10. The van der Waals surface area contributed by atoms with Crippen LogP contribution in [0.1, 0.15) is 16.9 Å². The summed E-state index contributed by atoms with van der Waals surface area (Å²) in [6.45, 7) is 1.50. The lowest BCUT2D eigenvalue weighted by molar-refractivity contribution is 0.0947. The Morgan fingerprint density at radius 3 is 2.71 bits per heavy atom. The summed E-state index contributed by atoms with van der Waals surface area (Å²) >= 11 is 12.0. The average molecular weight is 368 g/mol. The zero-order chi connectivity index (χ0) is 17.5. The monoisotopic (exact) mass is 367 g/mol. The number of halogens is 2. The fourth-order valence-corrected chi connectivity index (χ4v) is 2.42. The van der Waals surface area contributed by atoms with Gasteiger partial charge in [0.25, 0.3) is 5.91 Å². The van der Waals surface area contributed by atoms with Gasteiger partial charge in [-0.3, -0.25) is 4.79 Å². The van der Waals surface area contributed by atoms with Crippen LogP contribution in [0.3, 0.4) is 0 Å². The molecule has 0 bridgehead atoms. The maximum absolute atomic E-state index is 12.1. The van der Waals surface area contributed by atoms with Crippen LogP contribution >= 0.6 is 23.2 Å². The van der Waals surface area contributed by atoms with Crippen LogP contribution in [0, 0.1) is 0 Å². The molecule has 0 saturated carbocycles. The second-order valence-corrected chi connectivity index (χ2v) is 6.29. The molecule has 0 spiro atoms. The van der Waals surface area contributed by atoms with E-state index in [1.54, 1.807) is 24.3 Å². The van der Waals surface area contributed by atoms with Crippen molar-refractivity contribution in [1.29, 1.82) is 0 Å². The van der Waals surface area contributed by atoms with E-state index in [-0.39, 0.29) is 5.91 Å². The van der Waals surface area contributed by atoms with Gasteiger partial charge < -0.3 is 15.5 Å². The molecule has 0 aliphatic rings. The van der Waals surface area contributed by atoms with E-state index < -0.39 is 0 Å². The topological polar surface area (TPSA) is 70.2 Å². The van der Waals surface area contributed by atoms with Crippen LogP contribution in [0.5, 0.6) is 0 Å². The van der Waals surface area contributed by atoms with Gasteiger partial charge in [0.05, 0.1) is 10.7 Å². The van der Waals surface area contributed by atoms with Crippen LogP contribution in [0.4, 0.5) is 11.5 Å². The minimum Gasteiger partial charge on any atom is -0.351 e. The highest BCUT2D eigenvalue weighted by Crippen LogP contribution is 2.27. The minimum atomic E-state index is -0.235. The first-order valence-electron chi connectivity index (χ1n) is 7.43. The molecule has 0 aliphatic carbocycles. The smallest absolute Gasteiger partial charge is 0.270 e. The van der Waals surface area contributed by atoms with Gasteiger partial charge >= 0.3 is 0 Å². The van der Waals surface area contributed by atoms with E-state index in [1.807, 2.05) is 14.1 Å². The van der Waals surface area contributed by atoms with E-state index in [0.717, 1.165) is 13.0 Å². The van der Waals surface area contributed by atoms with Gasteiger partial charge in [-0.2, -0.15) is 0 Å². The molecular formula is C16H19Cl2N5O. The molecule has 24 heavy (non-hydrogen) atoms. The maximum Gasteiger partial charge on any atom is 0.270 e. The molecule has 0 atom stereocenters. The summed E-state index contributed by atoms with van der Waals surface area (Å²) in [7, 11) is 3.98. The standard InChI is InChI=1S/C16H19Cl2N5O/c1-23(2)7-3-6-19-16(24)14-9-15(21-10-20-14)22-13-5-4-11(17)8-12(13)18/h4-5,8-10H,3,6-7H2,1-2H3,(H,19,24)(H,20,21,22). The Morgan fingerprint density at radius 2 is 2.00 bits per heavy atom. The Kier molecular flexibility index (Phi) is 6.78. The van der Waals surface area contributed by atoms with E-state index in [2.05, 4.69) is 25.5 Å². The third kappa shape index (κ3) is 5.63. The van der Waals surface area contributed by atoms with Gasteiger partial charge in [-0.25, -0.2) is 9.97 Å². The molecule has 6 nitrogen and oxygen atoms in total. The zero-order valence-corrected chi connectivity index (χ0v) is 15.0. The van der Waals surface area contributed by atoms with Crippen LogP contribution < -0.4 is 10.6 Å². The van der Waals surface area contributed by atoms with Crippen molar-refractivity contribution in [2.45, 2.75) is 6.42 Å². The SMILES string of the molecule is CN(C)CCCNC(=O)c1cc(Nc2ccc(Cl)cc2Cl)ncn1. The quantitative estimate of drug-likeness (QED) is 0.735. The average Bonchev–Trinajstić information content (AvgIpc) is 2.54. The molecule has 0 fully saturated rings. The number of carbonyl (C=O) groups excluding carboxylic acids is 1. The largest absolute Gasteiger partial charge is 0.351 e. The summed E-state index contributed by atoms with van der Waals surface area (Å²) in [4.78, 5) is 22.3. The van der Waals surface area contributed by atoms with Gasteiger partial charge in [-0.1, -0.05) is 23.2 Å². The fraction of sp³-hybridized carbons (Fsp3) is 0.312. The number of nitrogens with one attached hydrogen (secondary N) is 2. The lowest BCUT2D eigenvalue weighted by Crippen LogP contribution is -2.27. The minimum absolute atomic E-state index is 0.235. The third-order valence-electron chi connectivity index (χ3n) is 3.16. The molecule has 2 N–H and O–H groups in total. The number of carbonyl (C=O) groups is 1. The summed E-state index contributed by atoms with van der Waals surface area (Å²) in [5, 5.41) is 6.90. The van der Waals surface area contributed by atoms with Gasteiger partial charge in [0, 0.05) is 17.6 Å². The van der Waals surface area contributed by atoms with Gasteiger partial charge in [0.15, 0.2) is 0 Å². The van der Waals surface area contributed by atoms with Crippen molar-refractivity contribution in [3.8, 4) is 0 Å². The second kappa shape index (κ2) is 8.82. The number of amides is 1. The highest BCUT2D eigenvalue weighted by Gasteiger charge is 2.09. The van der Waals surface area contributed by atoms with Gasteiger partial charge in [-0.05, 0) is 45.3 Å². The summed E-state index contributed by atoms with van der Waals surface area (Å²) in [6, 6.07) is 6.67. The van der Waals surface area contributed by atoms with E-state index in [9.17, 15) is 4.79 Å². The predicted octanol–water partition coefficient (Wildman–Crippen LogP) is 3.21. The van der Waals surface area contributed by atoms with Crippen molar-refractivity contribution >= 4 is 40.6 Å². The van der Waals surface area contributed by atoms with Gasteiger partial charge in [-0.15, -0.1) is 0 Å². The van der Waals surface area contributed by atoms with Crippen molar-refractivity contribution in [3.63, 3.8) is 0 Å². The molecule has 1 aromatic heterocycles. The van der Waals surface area contributed by atoms with Crippen molar-refractivity contribution < 1.29 is 4.79 Å². The van der Waals surface area contributed by atoms with Crippen LogP contribution in [-0.2, 0) is 0 Å². The summed E-state index contributed by atoms with van der Waals surface area (Å²) in [6.07, 6.45) is 2.20. The van der Waals surface area contributed by atoms with Crippen LogP contribution in [0.15, 0.2) is 30.6 Å². The van der Waals surface area contributed by atoms with E-state index in [4.69, 9.17) is 23.2 Å². The van der Waals surface area contributed by atoms with E-state index >= 15 is 0 Å². The molecule has 0 unspecified atom stereocenters. The van der Waals surface area contributed by atoms with Crippen molar-refractivity contribution in [2.75, 3.05) is 32.5 Å². The first-order valence-corrected chi connectivity index (χ1v) is 8.18. The zero-order valence-electron chi connectivity index (χ0n) is 13.5. The molecule has 0 aliphatic heterocycles. The maximum atomic E-state index is 12.1. The van der Waals surface area contributed by atoms with E-state index in [0.29, 0.717) is 33.8 Å². The van der Waals surface area contributed by atoms with Gasteiger partial charge in [0.2, 0.25) is 0 Å². The van der Waals surface area contributed by atoms with Crippen LogP contribution in [-0.4, -0.2) is 48.0 Å². The second-order valence-electron chi connectivity index (χ2n) is 5.45. The van der Waals surface area contributed by atoms with Crippen molar-refractivity contribution in [2.24, 2.45) is 0 Å². The molecule has 1 aromatic carbocycles. The van der Waals surface area contributed by atoms with Gasteiger partial charge in [0.1, 0.15) is 17.8 Å². The molecule has 1 heterocycles. The fourth-order valence-electron chi connectivity index (χ4n) is 1.97. The number of benzene rings is 1. The number of hydrogen-bond donors (Lipinski definition) is 2. The Labute approximate surface area is 151 Å². The summed E-state index contributed by atoms with van der Waals surface area (Å²) in [5.74, 6) is 0.245. The Bertz CT molecular complexity index is 709. The third-order valence-corrected chi connectivity index (χ3v) is 3.71. The first kappa shape index (κ1) is 18.4. The summed E-state index contributed by atoms with van der Waals surface area (Å²) in [5.41, 5.74) is 0.944. The number of rotatable bonds is 7. The molecule has 0 radical (unpaired) electrons. The lowest BCUT2D eigenvalue weighted by atomic mass is 10.3. The first-order chi connectivity index (χ1) is 11.5. The van der Waals surface area contributed by atoms with Crippen LogP contribution in [0.25, 0.3) is 0 Å².